The quantitative estimate of drug-likeness (QED) is 0.733. The summed E-state index contributed by atoms with van der Waals surface area (Å²) >= 11 is 0. The standard InChI is InChI=1S/C12H27N3O/c1-9(15(5)6)8-14-11(16)7-10(13)12(2,3)4/h9-10H,7-8,13H2,1-6H3,(H,14,16). The molecule has 4 nitrogen and oxygen atoms in total. The SMILES string of the molecule is CC(CNC(=O)CC(N)C(C)(C)C)N(C)C. The van der Waals surface area contributed by atoms with E-state index >= 15 is 0 Å². The molecule has 0 saturated carbocycles. The Kier molecular flexibility index (Phi) is 5.97. The number of hydrogen-bond donors (Lipinski definition) is 2. The molecule has 2 atom stereocenters. The number of carbonyl (C=O) groups is 1. The van der Waals surface area contributed by atoms with Gasteiger partial charge in [-0.3, -0.25) is 4.79 Å². The van der Waals surface area contributed by atoms with E-state index in [2.05, 4.69) is 17.1 Å². The molecular formula is C12H27N3O. The molecule has 1 amide bonds. The molecule has 0 aromatic carbocycles. The van der Waals surface area contributed by atoms with Crippen molar-refractivity contribution in [2.24, 2.45) is 11.1 Å². The first-order chi connectivity index (χ1) is 7.14. The van der Waals surface area contributed by atoms with E-state index in [4.69, 9.17) is 5.73 Å². The second-order valence-corrected chi connectivity index (χ2v) is 5.79. The third-order valence-electron chi connectivity index (χ3n) is 2.99. The third kappa shape index (κ3) is 6.08. The van der Waals surface area contributed by atoms with Crippen molar-refractivity contribution >= 4 is 5.91 Å². The van der Waals surface area contributed by atoms with Crippen LogP contribution in [-0.2, 0) is 4.79 Å². The predicted octanol–water partition coefficient (Wildman–Crippen LogP) is 0.816. The minimum Gasteiger partial charge on any atom is -0.354 e. The number of nitrogens with zero attached hydrogens (tertiary/aromatic N) is 1. The van der Waals surface area contributed by atoms with Crippen LogP contribution >= 0.6 is 0 Å². The summed E-state index contributed by atoms with van der Waals surface area (Å²) in [5, 5.41) is 2.91. The van der Waals surface area contributed by atoms with Crippen LogP contribution in [0.2, 0.25) is 0 Å². The highest BCUT2D eigenvalue weighted by Crippen LogP contribution is 2.19. The fourth-order valence-electron chi connectivity index (χ4n) is 1.02. The van der Waals surface area contributed by atoms with Gasteiger partial charge in [-0.1, -0.05) is 20.8 Å². The van der Waals surface area contributed by atoms with E-state index in [9.17, 15) is 4.79 Å². The fourth-order valence-corrected chi connectivity index (χ4v) is 1.02. The summed E-state index contributed by atoms with van der Waals surface area (Å²) in [4.78, 5) is 13.7. The molecule has 0 spiro atoms. The van der Waals surface area contributed by atoms with E-state index in [1.54, 1.807) is 0 Å². The van der Waals surface area contributed by atoms with E-state index in [-0.39, 0.29) is 17.4 Å². The normalized spacial score (nSPS) is 16.0. The number of nitrogens with one attached hydrogen (secondary N) is 1. The van der Waals surface area contributed by atoms with Crippen LogP contribution in [0.3, 0.4) is 0 Å². The second kappa shape index (κ2) is 6.21. The van der Waals surface area contributed by atoms with Gasteiger partial charge in [-0.25, -0.2) is 0 Å². The van der Waals surface area contributed by atoms with Crippen LogP contribution in [0, 0.1) is 5.41 Å². The van der Waals surface area contributed by atoms with Crippen LogP contribution in [-0.4, -0.2) is 43.5 Å². The molecule has 0 bridgehead atoms. The van der Waals surface area contributed by atoms with Gasteiger partial charge in [-0.15, -0.1) is 0 Å². The summed E-state index contributed by atoms with van der Waals surface area (Å²) in [7, 11) is 4.00. The highest BCUT2D eigenvalue weighted by Gasteiger charge is 2.23. The molecule has 0 aromatic heterocycles. The van der Waals surface area contributed by atoms with Crippen LogP contribution in [0.4, 0.5) is 0 Å². The molecule has 0 aliphatic carbocycles. The van der Waals surface area contributed by atoms with Crippen LogP contribution in [0.15, 0.2) is 0 Å². The third-order valence-corrected chi connectivity index (χ3v) is 2.99. The van der Waals surface area contributed by atoms with Gasteiger partial charge in [0, 0.05) is 25.0 Å². The van der Waals surface area contributed by atoms with Crippen molar-refractivity contribution in [2.75, 3.05) is 20.6 Å². The summed E-state index contributed by atoms with van der Waals surface area (Å²) < 4.78 is 0. The number of nitrogens with two attached hydrogens (primary N) is 1. The number of hydrogen-bond acceptors (Lipinski definition) is 3. The summed E-state index contributed by atoms with van der Waals surface area (Å²) in [6.45, 7) is 8.89. The Hall–Kier alpha value is -0.610. The molecule has 0 fully saturated rings. The molecule has 0 aliphatic rings. The Labute approximate surface area is 99.6 Å². The van der Waals surface area contributed by atoms with Gasteiger partial charge in [-0.05, 0) is 26.4 Å². The Morgan fingerprint density at radius 3 is 2.25 bits per heavy atom. The number of carbonyl (C=O) groups excluding carboxylic acids is 1. The molecule has 0 aromatic rings. The summed E-state index contributed by atoms with van der Waals surface area (Å²) in [5.41, 5.74) is 5.92. The Morgan fingerprint density at radius 2 is 1.88 bits per heavy atom. The summed E-state index contributed by atoms with van der Waals surface area (Å²) in [5.74, 6) is 0.0381. The van der Waals surface area contributed by atoms with Gasteiger partial charge < -0.3 is 16.0 Å². The fraction of sp³-hybridized carbons (Fsp3) is 0.917. The van der Waals surface area contributed by atoms with Crippen molar-refractivity contribution in [3.05, 3.63) is 0 Å². The zero-order chi connectivity index (χ0) is 12.9. The molecule has 0 heterocycles. The van der Waals surface area contributed by atoms with Crippen molar-refractivity contribution in [3.63, 3.8) is 0 Å². The number of rotatable bonds is 5. The van der Waals surface area contributed by atoms with Gasteiger partial charge in [-0.2, -0.15) is 0 Å². The minimum absolute atomic E-state index is 0.0233. The van der Waals surface area contributed by atoms with Crippen molar-refractivity contribution < 1.29 is 4.79 Å². The lowest BCUT2D eigenvalue weighted by Crippen LogP contribution is -2.43. The van der Waals surface area contributed by atoms with E-state index in [1.165, 1.54) is 0 Å². The maximum Gasteiger partial charge on any atom is 0.221 e. The zero-order valence-corrected chi connectivity index (χ0v) is 11.5. The number of amides is 1. The molecule has 0 aliphatic heterocycles. The van der Waals surface area contributed by atoms with Crippen molar-refractivity contribution in [1.29, 1.82) is 0 Å². The molecule has 16 heavy (non-hydrogen) atoms. The molecule has 3 N–H and O–H groups in total. The van der Waals surface area contributed by atoms with Gasteiger partial charge in [0.15, 0.2) is 0 Å². The molecule has 2 unspecified atom stereocenters. The van der Waals surface area contributed by atoms with Crippen LogP contribution in [0.25, 0.3) is 0 Å². The van der Waals surface area contributed by atoms with Crippen LogP contribution in [0.1, 0.15) is 34.1 Å². The van der Waals surface area contributed by atoms with Gasteiger partial charge in [0.1, 0.15) is 0 Å². The first-order valence-electron chi connectivity index (χ1n) is 5.83. The van der Waals surface area contributed by atoms with Crippen molar-refractivity contribution in [3.8, 4) is 0 Å². The van der Waals surface area contributed by atoms with Crippen LogP contribution in [0.5, 0.6) is 0 Å². The highest BCUT2D eigenvalue weighted by molar-refractivity contribution is 5.76. The lowest BCUT2D eigenvalue weighted by molar-refractivity contribution is -0.122. The Morgan fingerprint density at radius 1 is 1.38 bits per heavy atom. The molecule has 0 radical (unpaired) electrons. The molecular weight excluding hydrogens is 202 g/mol. The van der Waals surface area contributed by atoms with Gasteiger partial charge in [0.05, 0.1) is 0 Å². The maximum absolute atomic E-state index is 11.6. The maximum atomic E-state index is 11.6. The lowest BCUT2D eigenvalue weighted by atomic mass is 9.85. The summed E-state index contributed by atoms with van der Waals surface area (Å²) in [6, 6.07) is 0.247. The van der Waals surface area contributed by atoms with Crippen molar-refractivity contribution in [1.82, 2.24) is 10.2 Å². The molecule has 0 saturated heterocycles. The van der Waals surface area contributed by atoms with Gasteiger partial charge >= 0.3 is 0 Å². The molecule has 0 rings (SSSR count). The lowest BCUT2D eigenvalue weighted by Gasteiger charge is -2.27. The average molecular weight is 229 g/mol. The van der Waals surface area contributed by atoms with E-state index < -0.39 is 0 Å². The monoisotopic (exact) mass is 229 g/mol. The first-order valence-corrected chi connectivity index (χ1v) is 5.83. The Bertz CT molecular complexity index is 221. The van der Waals surface area contributed by atoms with E-state index in [1.807, 2.05) is 34.9 Å². The molecule has 4 heteroatoms. The largest absolute Gasteiger partial charge is 0.354 e. The number of likely N-dealkylation sites (N-methyl/N-ethyl adjacent to an activating group) is 1. The van der Waals surface area contributed by atoms with E-state index in [0.29, 0.717) is 19.0 Å². The minimum atomic E-state index is -0.0952. The zero-order valence-electron chi connectivity index (χ0n) is 11.5. The van der Waals surface area contributed by atoms with Gasteiger partial charge in [0.25, 0.3) is 0 Å². The first kappa shape index (κ1) is 15.4. The predicted molar refractivity (Wildman–Crippen MR) is 68.2 cm³/mol. The molecule has 96 valence electrons. The Balaban J connectivity index is 3.92. The topological polar surface area (TPSA) is 58.4 Å². The summed E-state index contributed by atoms with van der Waals surface area (Å²) in [6.07, 6.45) is 0.393. The van der Waals surface area contributed by atoms with Gasteiger partial charge in [0.2, 0.25) is 5.91 Å². The highest BCUT2D eigenvalue weighted by atomic mass is 16.1. The average Bonchev–Trinajstić information content (AvgIpc) is 2.12. The van der Waals surface area contributed by atoms with E-state index in [0.717, 1.165) is 0 Å². The van der Waals surface area contributed by atoms with Crippen molar-refractivity contribution in [2.45, 2.75) is 46.2 Å². The smallest absolute Gasteiger partial charge is 0.221 e. The second-order valence-electron chi connectivity index (χ2n) is 5.79. The van der Waals surface area contributed by atoms with Crippen LogP contribution < -0.4 is 11.1 Å².